The highest BCUT2D eigenvalue weighted by atomic mass is 16.4. The van der Waals surface area contributed by atoms with Gasteiger partial charge in [0.2, 0.25) is 0 Å². The van der Waals surface area contributed by atoms with Crippen molar-refractivity contribution in [2.24, 2.45) is 11.7 Å². The molecule has 0 unspecified atom stereocenters. The Hall–Kier alpha value is -1.29. The first-order valence-electron chi connectivity index (χ1n) is 4.58. The van der Waals surface area contributed by atoms with Crippen LogP contribution in [-0.4, -0.2) is 5.11 Å². The van der Waals surface area contributed by atoms with Gasteiger partial charge in [0.25, 0.3) is 0 Å². The molecular weight excluding hydrogens is 182 g/mol. The minimum absolute atomic E-state index is 0.101. The second kappa shape index (κ2) is 4.28. The number of hydrogen-bond acceptors (Lipinski definition) is 4. The van der Waals surface area contributed by atoms with Gasteiger partial charge in [0.05, 0.1) is 12.1 Å². The summed E-state index contributed by atoms with van der Waals surface area (Å²) in [5.41, 5.74) is 5.22. The Bertz CT molecular complexity index is 357. The van der Waals surface area contributed by atoms with E-state index in [4.69, 9.17) is 15.3 Å². The fourth-order valence-electron chi connectivity index (χ4n) is 1.29. The van der Waals surface area contributed by atoms with E-state index in [-0.39, 0.29) is 11.8 Å². The average Bonchev–Trinajstić information content (AvgIpc) is 2.00. The van der Waals surface area contributed by atoms with Crippen LogP contribution in [0.5, 0.6) is 5.75 Å². The van der Waals surface area contributed by atoms with E-state index in [9.17, 15) is 4.79 Å². The van der Waals surface area contributed by atoms with Crippen LogP contribution in [0, 0.1) is 5.92 Å². The maximum absolute atomic E-state index is 10.9. The van der Waals surface area contributed by atoms with Gasteiger partial charge in [-0.2, -0.15) is 0 Å². The molecule has 0 saturated carbocycles. The summed E-state index contributed by atoms with van der Waals surface area (Å²) in [5, 5.41) is 9.16. The summed E-state index contributed by atoms with van der Waals surface area (Å²) in [6.07, 6.45) is 0.715. The smallest absolute Gasteiger partial charge is 0.339 e. The van der Waals surface area contributed by atoms with Crippen LogP contribution in [0.2, 0.25) is 0 Å². The number of hydrogen-bond donors (Lipinski definition) is 2. The highest BCUT2D eigenvalue weighted by Gasteiger charge is 2.12. The predicted octanol–water partition coefficient (Wildman–Crippen LogP) is 1.39. The van der Waals surface area contributed by atoms with E-state index in [2.05, 4.69) is 0 Å². The molecule has 0 amide bonds. The van der Waals surface area contributed by atoms with Gasteiger partial charge in [-0.3, -0.25) is 0 Å². The van der Waals surface area contributed by atoms with E-state index in [1.807, 2.05) is 13.8 Å². The highest BCUT2D eigenvalue weighted by molar-refractivity contribution is 5.20. The van der Waals surface area contributed by atoms with Crippen molar-refractivity contribution in [3.05, 3.63) is 28.3 Å². The lowest BCUT2D eigenvalue weighted by atomic mass is 10.0. The van der Waals surface area contributed by atoms with Gasteiger partial charge in [-0.15, -0.1) is 0 Å². The van der Waals surface area contributed by atoms with Crippen molar-refractivity contribution in [2.45, 2.75) is 26.3 Å². The van der Waals surface area contributed by atoms with Crippen molar-refractivity contribution >= 4 is 0 Å². The van der Waals surface area contributed by atoms with Gasteiger partial charge in [0.1, 0.15) is 11.5 Å². The third kappa shape index (κ3) is 2.88. The minimum Gasteiger partial charge on any atom is -0.508 e. The Balaban J connectivity index is 2.89. The van der Waals surface area contributed by atoms with Gasteiger partial charge in [0, 0.05) is 6.07 Å². The lowest BCUT2D eigenvalue weighted by molar-refractivity contribution is 0.375. The molecule has 0 bridgehead atoms. The topological polar surface area (TPSA) is 76.5 Å². The van der Waals surface area contributed by atoms with E-state index in [0.717, 1.165) is 6.07 Å². The Kier molecular flexibility index (Phi) is 3.30. The van der Waals surface area contributed by atoms with Crippen molar-refractivity contribution in [1.82, 2.24) is 0 Å². The zero-order valence-electron chi connectivity index (χ0n) is 8.36. The van der Waals surface area contributed by atoms with E-state index in [1.165, 1.54) is 6.07 Å². The molecule has 3 N–H and O–H groups in total. The van der Waals surface area contributed by atoms with Gasteiger partial charge >= 0.3 is 5.63 Å². The molecule has 0 aliphatic rings. The first-order valence-corrected chi connectivity index (χ1v) is 4.58. The van der Waals surface area contributed by atoms with Crippen LogP contribution in [0.15, 0.2) is 21.3 Å². The molecule has 78 valence electrons. The highest BCUT2D eigenvalue weighted by Crippen LogP contribution is 2.19. The van der Waals surface area contributed by atoms with Crippen LogP contribution in [0.3, 0.4) is 0 Å². The molecule has 0 spiro atoms. The molecule has 0 saturated heterocycles. The monoisotopic (exact) mass is 197 g/mol. The lowest BCUT2D eigenvalue weighted by Crippen LogP contribution is -2.14. The Morgan fingerprint density at radius 3 is 2.64 bits per heavy atom. The molecule has 0 fully saturated rings. The standard InChI is InChI=1S/C10H15NO3/c1-6(2)3-8(11)9-4-7(12)5-10(13)14-9/h4-6,8,12H,3,11H2,1-2H3/t8-/m1/s1. The van der Waals surface area contributed by atoms with E-state index in [1.54, 1.807) is 0 Å². The quantitative estimate of drug-likeness (QED) is 0.767. The van der Waals surface area contributed by atoms with Crippen molar-refractivity contribution in [2.75, 3.05) is 0 Å². The van der Waals surface area contributed by atoms with Crippen LogP contribution in [0.4, 0.5) is 0 Å². The summed E-state index contributed by atoms with van der Waals surface area (Å²) in [6.45, 7) is 4.06. The van der Waals surface area contributed by atoms with Gasteiger partial charge < -0.3 is 15.3 Å². The summed E-state index contributed by atoms with van der Waals surface area (Å²) in [5.74, 6) is 0.650. The minimum atomic E-state index is -0.570. The Labute approximate surface area is 82.4 Å². The number of nitrogens with two attached hydrogens (primary N) is 1. The van der Waals surface area contributed by atoms with Crippen molar-refractivity contribution < 1.29 is 9.52 Å². The molecule has 14 heavy (non-hydrogen) atoms. The van der Waals surface area contributed by atoms with Crippen LogP contribution < -0.4 is 11.4 Å². The molecule has 0 radical (unpaired) electrons. The molecule has 1 atom stereocenters. The van der Waals surface area contributed by atoms with Crippen molar-refractivity contribution in [3.63, 3.8) is 0 Å². The molecule has 4 heteroatoms. The zero-order chi connectivity index (χ0) is 10.7. The molecule has 0 aliphatic carbocycles. The SMILES string of the molecule is CC(C)C[C@@H](N)c1cc(O)cc(=O)o1. The van der Waals surface area contributed by atoms with E-state index in [0.29, 0.717) is 18.1 Å². The van der Waals surface area contributed by atoms with Crippen LogP contribution >= 0.6 is 0 Å². The van der Waals surface area contributed by atoms with Crippen LogP contribution in [-0.2, 0) is 0 Å². The molecule has 1 aromatic heterocycles. The zero-order valence-corrected chi connectivity index (χ0v) is 8.36. The lowest BCUT2D eigenvalue weighted by Gasteiger charge is -2.12. The largest absolute Gasteiger partial charge is 0.508 e. The Morgan fingerprint density at radius 1 is 1.50 bits per heavy atom. The van der Waals surface area contributed by atoms with Gasteiger partial charge in [0.15, 0.2) is 0 Å². The maximum Gasteiger partial charge on any atom is 0.339 e. The summed E-state index contributed by atoms with van der Waals surface area (Å²) in [4.78, 5) is 10.9. The maximum atomic E-state index is 10.9. The predicted molar refractivity (Wildman–Crippen MR) is 53.0 cm³/mol. The molecule has 4 nitrogen and oxygen atoms in total. The van der Waals surface area contributed by atoms with Crippen molar-refractivity contribution in [1.29, 1.82) is 0 Å². The average molecular weight is 197 g/mol. The third-order valence-corrected chi connectivity index (χ3v) is 1.87. The molecule has 0 aromatic carbocycles. The number of rotatable bonds is 3. The third-order valence-electron chi connectivity index (χ3n) is 1.87. The molecule has 1 heterocycles. The van der Waals surface area contributed by atoms with E-state index >= 15 is 0 Å². The fraction of sp³-hybridized carbons (Fsp3) is 0.500. The summed E-state index contributed by atoms with van der Waals surface area (Å²) >= 11 is 0. The summed E-state index contributed by atoms with van der Waals surface area (Å²) in [7, 11) is 0. The second-order valence-electron chi connectivity index (χ2n) is 3.77. The fourth-order valence-corrected chi connectivity index (χ4v) is 1.29. The normalized spacial score (nSPS) is 13.1. The second-order valence-corrected chi connectivity index (χ2v) is 3.77. The number of aromatic hydroxyl groups is 1. The summed E-state index contributed by atoms with van der Waals surface area (Å²) < 4.78 is 4.88. The first kappa shape index (κ1) is 10.8. The molecule has 0 aliphatic heterocycles. The van der Waals surface area contributed by atoms with Gasteiger partial charge in [-0.1, -0.05) is 13.8 Å². The summed E-state index contributed by atoms with van der Waals surface area (Å²) in [6, 6.07) is 2.06. The van der Waals surface area contributed by atoms with E-state index < -0.39 is 5.63 Å². The molecule has 1 aromatic rings. The van der Waals surface area contributed by atoms with Crippen LogP contribution in [0.25, 0.3) is 0 Å². The Morgan fingerprint density at radius 2 is 2.14 bits per heavy atom. The van der Waals surface area contributed by atoms with Gasteiger partial charge in [-0.25, -0.2) is 4.79 Å². The van der Waals surface area contributed by atoms with Crippen molar-refractivity contribution in [3.8, 4) is 5.75 Å². The first-order chi connectivity index (χ1) is 6.49. The molecule has 1 rings (SSSR count). The molecular formula is C10H15NO3. The van der Waals surface area contributed by atoms with Gasteiger partial charge in [-0.05, 0) is 12.3 Å². The van der Waals surface area contributed by atoms with Crippen LogP contribution in [0.1, 0.15) is 32.1 Å².